The first kappa shape index (κ1) is 20.9. The van der Waals surface area contributed by atoms with Crippen molar-refractivity contribution in [2.45, 2.75) is 49.3 Å². The van der Waals surface area contributed by atoms with Crippen LogP contribution >= 0.6 is 23.1 Å². The van der Waals surface area contributed by atoms with E-state index >= 15 is 0 Å². The SMILES string of the molecule is CCCCCS(=O)(=O)CC(=O)Nc1ccc(Sc2nc(C)cs2)cc1C. The maximum Gasteiger partial charge on any atom is 0.239 e. The van der Waals surface area contributed by atoms with Gasteiger partial charge in [0.05, 0.1) is 5.75 Å². The van der Waals surface area contributed by atoms with E-state index in [9.17, 15) is 13.2 Å². The fourth-order valence-electron chi connectivity index (χ4n) is 2.35. The first-order valence-electron chi connectivity index (χ1n) is 8.50. The highest BCUT2D eigenvalue weighted by molar-refractivity contribution is 8.01. The predicted molar refractivity (Wildman–Crippen MR) is 109 cm³/mol. The third-order valence-corrected chi connectivity index (χ3v) is 7.34. The van der Waals surface area contributed by atoms with E-state index in [-0.39, 0.29) is 5.75 Å². The largest absolute Gasteiger partial charge is 0.325 e. The number of nitrogens with zero attached hydrogens (tertiary/aromatic N) is 1. The Morgan fingerprint density at radius 3 is 2.65 bits per heavy atom. The molecule has 8 heteroatoms. The van der Waals surface area contributed by atoms with E-state index in [2.05, 4.69) is 10.3 Å². The van der Waals surface area contributed by atoms with Crippen molar-refractivity contribution in [2.75, 3.05) is 16.8 Å². The van der Waals surface area contributed by atoms with Crippen molar-refractivity contribution < 1.29 is 13.2 Å². The number of aryl methyl sites for hydroxylation is 2. The second-order valence-electron chi connectivity index (χ2n) is 6.18. The molecule has 0 radical (unpaired) electrons. The van der Waals surface area contributed by atoms with Crippen LogP contribution in [0, 0.1) is 13.8 Å². The summed E-state index contributed by atoms with van der Waals surface area (Å²) in [5.41, 5.74) is 2.52. The van der Waals surface area contributed by atoms with E-state index < -0.39 is 21.5 Å². The molecule has 0 saturated heterocycles. The standard InChI is InChI=1S/C18H24N2O3S3/c1-4-5-6-9-26(22,23)12-17(21)20-16-8-7-15(10-13(16)2)25-18-19-14(3)11-24-18/h7-8,10-11H,4-6,9,12H2,1-3H3,(H,20,21). The van der Waals surface area contributed by atoms with Crippen molar-refractivity contribution in [3.63, 3.8) is 0 Å². The molecule has 1 heterocycles. The molecule has 1 aromatic carbocycles. The lowest BCUT2D eigenvalue weighted by Crippen LogP contribution is -2.25. The molecule has 142 valence electrons. The Morgan fingerprint density at radius 1 is 1.27 bits per heavy atom. The van der Waals surface area contributed by atoms with Crippen molar-refractivity contribution >= 4 is 44.5 Å². The molecule has 5 nitrogen and oxygen atoms in total. The maximum atomic E-state index is 12.1. The Kier molecular flexibility index (Phi) is 7.67. The number of sulfone groups is 1. The first-order valence-corrected chi connectivity index (χ1v) is 12.0. The molecule has 0 aliphatic rings. The minimum atomic E-state index is -3.36. The summed E-state index contributed by atoms with van der Waals surface area (Å²) in [6.45, 7) is 5.86. The molecule has 0 spiro atoms. The van der Waals surface area contributed by atoms with Gasteiger partial charge in [0.2, 0.25) is 5.91 Å². The van der Waals surface area contributed by atoms with Crippen LogP contribution in [0.5, 0.6) is 0 Å². The monoisotopic (exact) mass is 412 g/mol. The molecule has 0 saturated carbocycles. The molecule has 2 rings (SSSR count). The van der Waals surface area contributed by atoms with Gasteiger partial charge in [0.15, 0.2) is 14.2 Å². The average Bonchev–Trinajstić information content (AvgIpc) is 2.94. The van der Waals surface area contributed by atoms with Crippen molar-refractivity contribution in [2.24, 2.45) is 0 Å². The molecule has 0 atom stereocenters. The third-order valence-electron chi connectivity index (χ3n) is 3.68. The van der Waals surface area contributed by atoms with Gasteiger partial charge in [-0.1, -0.05) is 31.5 Å². The predicted octanol–water partition coefficient (Wildman–Crippen LogP) is 4.45. The Labute approximate surface area is 163 Å². The Bertz CT molecular complexity index is 860. The number of benzene rings is 1. The second kappa shape index (κ2) is 9.53. The molecule has 1 amide bonds. The molecule has 1 N–H and O–H groups in total. The quantitative estimate of drug-likeness (QED) is 0.616. The second-order valence-corrected chi connectivity index (χ2v) is 10.5. The van der Waals surface area contributed by atoms with E-state index in [0.29, 0.717) is 12.1 Å². The van der Waals surface area contributed by atoms with Crippen LogP contribution in [0.2, 0.25) is 0 Å². The van der Waals surface area contributed by atoms with Gasteiger partial charge < -0.3 is 5.32 Å². The number of carbonyl (C=O) groups excluding carboxylic acids is 1. The number of aromatic nitrogens is 1. The smallest absolute Gasteiger partial charge is 0.239 e. The van der Waals surface area contributed by atoms with E-state index in [0.717, 1.165) is 33.3 Å². The Morgan fingerprint density at radius 2 is 2.04 bits per heavy atom. The number of rotatable bonds is 9. The fourth-order valence-corrected chi connectivity index (χ4v) is 5.52. The molecule has 0 aliphatic heterocycles. The lowest BCUT2D eigenvalue weighted by Gasteiger charge is -2.10. The van der Waals surface area contributed by atoms with Gasteiger partial charge in [-0.3, -0.25) is 4.79 Å². The molecule has 0 aliphatic carbocycles. The summed E-state index contributed by atoms with van der Waals surface area (Å²) < 4.78 is 24.9. The lowest BCUT2D eigenvalue weighted by atomic mass is 10.2. The summed E-state index contributed by atoms with van der Waals surface area (Å²) >= 11 is 3.17. The summed E-state index contributed by atoms with van der Waals surface area (Å²) in [6.07, 6.45) is 2.41. The Hall–Kier alpha value is -1.38. The van der Waals surface area contributed by atoms with Gasteiger partial charge in [0.1, 0.15) is 5.75 Å². The molecule has 26 heavy (non-hydrogen) atoms. The molecule has 2 aromatic rings. The minimum absolute atomic E-state index is 0.0655. The molecule has 0 unspecified atom stereocenters. The number of nitrogens with one attached hydrogen (secondary N) is 1. The number of amides is 1. The van der Waals surface area contributed by atoms with E-state index in [1.807, 2.05) is 38.3 Å². The summed E-state index contributed by atoms with van der Waals surface area (Å²) in [7, 11) is -3.36. The van der Waals surface area contributed by atoms with Crippen LogP contribution in [-0.4, -0.2) is 30.8 Å². The average molecular weight is 413 g/mol. The van der Waals surface area contributed by atoms with Crippen LogP contribution in [0.4, 0.5) is 5.69 Å². The lowest BCUT2D eigenvalue weighted by molar-refractivity contribution is -0.113. The topological polar surface area (TPSA) is 76.1 Å². The maximum absolute atomic E-state index is 12.1. The van der Waals surface area contributed by atoms with Gasteiger partial charge in [-0.25, -0.2) is 13.4 Å². The van der Waals surface area contributed by atoms with Crippen LogP contribution in [0.15, 0.2) is 32.8 Å². The van der Waals surface area contributed by atoms with Gasteiger partial charge in [0.25, 0.3) is 0 Å². The first-order chi connectivity index (χ1) is 12.3. The number of thiazole rings is 1. The number of unbranched alkanes of at least 4 members (excludes halogenated alkanes) is 2. The van der Waals surface area contributed by atoms with Crippen LogP contribution < -0.4 is 5.32 Å². The van der Waals surface area contributed by atoms with Crippen LogP contribution in [0.3, 0.4) is 0 Å². The number of hydrogen-bond donors (Lipinski definition) is 1. The summed E-state index contributed by atoms with van der Waals surface area (Å²) in [6, 6.07) is 5.67. The molecule has 0 bridgehead atoms. The van der Waals surface area contributed by atoms with Crippen molar-refractivity contribution in [1.29, 1.82) is 0 Å². The molecule has 1 aromatic heterocycles. The van der Waals surface area contributed by atoms with Crippen molar-refractivity contribution in [1.82, 2.24) is 4.98 Å². The molecular weight excluding hydrogens is 388 g/mol. The number of anilines is 1. The van der Waals surface area contributed by atoms with E-state index in [1.54, 1.807) is 29.2 Å². The van der Waals surface area contributed by atoms with Crippen LogP contribution in [0.1, 0.15) is 37.4 Å². The van der Waals surface area contributed by atoms with Crippen LogP contribution in [-0.2, 0) is 14.6 Å². The fraction of sp³-hybridized carbons (Fsp3) is 0.444. The van der Waals surface area contributed by atoms with Crippen molar-refractivity contribution in [3.05, 3.63) is 34.8 Å². The highest BCUT2D eigenvalue weighted by atomic mass is 32.2. The van der Waals surface area contributed by atoms with E-state index in [4.69, 9.17) is 0 Å². The van der Waals surface area contributed by atoms with Crippen LogP contribution in [0.25, 0.3) is 0 Å². The van der Waals surface area contributed by atoms with Gasteiger partial charge in [-0.2, -0.15) is 0 Å². The van der Waals surface area contributed by atoms with Crippen molar-refractivity contribution in [3.8, 4) is 0 Å². The third kappa shape index (κ3) is 6.74. The highest BCUT2D eigenvalue weighted by Crippen LogP contribution is 2.32. The minimum Gasteiger partial charge on any atom is -0.325 e. The van der Waals surface area contributed by atoms with Gasteiger partial charge in [-0.15, -0.1) is 11.3 Å². The normalized spacial score (nSPS) is 11.5. The summed E-state index contributed by atoms with van der Waals surface area (Å²) in [5, 5.41) is 4.72. The molecule has 0 fully saturated rings. The zero-order chi connectivity index (χ0) is 19.2. The zero-order valence-electron chi connectivity index (χ0n) is 15.2. The zero-order valence-corrected chi connectivity index (χ0v) is 17.7. The molecular formula is C18H24N2O3S3. The van der Waals surface area contributed by atoms with Gasteiger partial charge >= 0.3 is 0 Å². The van der Waals surface area contributed by atoms with Gasteiger partial charge in [0, 0.05) is 21.7 Å². The number of hydrogen-bond acceptors (Lipinski definition) is 6. The summed E-state index contributed by atoms with van der Waals surface area (Å²) in [4.78, 5) is 17.5. The highest BCUT2D eigenvalue weighted by Gasteiger charge is 2.17. The Balaban J connectivity index is 1.95. The van der Waals surface area contributed by atoms with E-state index in [1.165, 1.54) is 0 Å². The number of carbonyl (C=O) groups is 1. The summed E-state index contributed by atoms with van der Waals surface area (Å²) in [5.74, 6) is -0.887. The van der Waals surface area contributed by atoms with Gasteiger partial charge in [-0.05, 0) is 44.0 Å².